The molecule has 1 nitrogen and oxygen atoms in total. The summed E-state index contributed by atoms with van der Waals surface area (Å²) in [6.07, 6.45) is 21.5. The van der Waals surface area contributed by atoms with E-state index < -0.39 is 0 Å². The van der Waals surface area contributed by atoms with Gasteiger partial charge in [-0.05, 0) is 30.4 Å². The Morgan fingerprint density at radius 3 is 1.55 bits per heavy atom. The molecule has 0 aliphatic heterocycles. The van der Waals surface area contributed by atoms with Crippen LogP contribution in [0.3, 0.4) is 0 Å². The van der Waals surface area contributed by atoms with Crippen LogP contribution in [0.2, 0.25) is 0 Å². The molecule has 31 heavy (non-hydrogen) atoms. The summed E-state index contributed by atoms with van der Waals surface area (Å²) in [5.74, 6) is 0. The van der Waals surface area contributed by atoms with E-state index in [2.05, 4.69) is 63.5 Å². The van der Waals surface area contributed by atoms with E-state index in [4.69, 9.17) is 0 Å². The summed E-state index contributed by atoms with van der Waals surface area (Å²) >= 11 is 0. The molecule has 2 rings (SSSR count). The molecule has 0 saturated heterocycles. The highest BCUT2D eigenvalue weighted by Crippen LogP contribution is 2.30. The highest BCUT2D eigenvalue weighted by atomic mass is 35.5. The van der Waals surface area contributed by atoms with Crippen molar-refractivity contribution < 1.29 is 12.4 Å². The predicted octanol–water partition coefficient (Wildman–Crippen LogP) is 6.28. The summed E-state index contributed by atoms with van der Waals surface area (Å²) in [5.41, 5.74) is 1.46. The first-order valence-electron chi connectivity index (χ1n) is 13.0. The Kier molecular flexibility index (Phi) is 15.0. The molecule has 0 aliphatic rings. The summed E-state index contributed by atoms with van der Waals surface area (Å²) in [6.45, 7) is 3.53. The van der Waals surface area contributed by atoms with Gasteiger partial charge in [0.25, 0.3) is 0 Å². The van der Waals surface area contributed by atoms with Crippen molar-refractivity contribution >= 4 is 16.5 Å². The summed E-state index contributed by atoms with van der Waals surface area (Å²) in [7, 11) is 4.73. The topological polar surface area (TPSA) is 0 Å². The largest absolute Gasteiger partial charge is 1.00 e. The Labute approximate surface area is 199 Å². The quantitative estimate of drug-likeness (QED) is 0.198. The third kappa shape index (κ3) is 10.9. The Bertz CT molecular complexity index is 689. The summed E-state index contributed by atoms with van der Waals surface area (Å²) in [4.78, 5) is 0. The lowest BCUT2D eigenvalue weighted by Crippen LogP contribution is -3.00. The molecule has 0 bridgehead atoms. The van der Waals surface area contributed by atoms with Crippen molar-refractivity contribution in [1.29, 1.82) is 0 Å². The Balaban J connectivity index is 0.00000480. The average Bonchev–Trinajstić information content (AvgIpc) is 2.76. The minimum atomic E-state index is 0. The van der Waals surface area contributed by atoms with Crippen LogP contribution in [0.1, 0.15) is 103 Å². The fourth-order valence-corrected chi connectivity index (χ4v) is 4.74. The van der Waals surface area contributed by atoms with Gasteiger partial charge < -0.3 is 12.4 Å². The van der Waals surface area contributed by atoms with Crippen LogP contribution in [0.25, 0.3) is 10.8 Å². The molecule has 2 aromatic rings. The second kappa shape index (κ2) is 16.6. The molecular weight excluding hydrogens is 398 g/mol. The first-order chi connectivity index (χ1) is 14.6. The van der Waals surface area contributed by atoms with E-state index in [0.29, 0.717) is 0 Å². The van der Waals surface area contributed by atoms with Gasteiger partial charge in [-0.25, -0.2) is 0 Å². The molecule has 2 heteroatoms. The zero-order valence-electron chi connectivity index (χ0n) is 20.7. The van der Waals surface area contributed by atoms with Crippen LogP contribution in [0.5, 0.6) is 0 Å². The molecule has 0 N–H and O–H groups in total. The van der Waals surface area contributed by atoms with Crippen molar-refractivity contribution in [3.63, 3.8) is 0 Å². The first kappa shape index (κ1) is 28.0. The van der Waals surface area contributed by atoms with Crippen molar-refractivity contribution in [2.24, 2.45) is 0 Å². The van der Waals surface area contributed by atoms with Crippen LogP contribution in [0.15, 0.2) is 42.5 Å². The fraction of sp³-hybridized carbons (Fsp3) is 0.655. The standard InChI is InChI=1S/C29H48N.ClH/c1-4-5-6-7-8-9-10-11-12-13-14-15-16-17-20-26-30(2,3)29-25-21-23-27-22-18-19-24-28(27)29;/h18-19,21-25H,4-17,20,26H2,1-3H3;1H/q+1;/p-1. The highest BCUT2D eigenvalue weighted by Gasteiger charge is 2.20. The van der Waals surface area contributed by atoms with E-state index in [1.54, 1.807) is 0 Å². The van der Waals surface area contributed by atoms with Gasteiger partial charge in [0.2, 0.25) is 0 Å². The van der Waals surface area contributed by atoms with Crippen LogP contribution in [0, 0.1) is 0 Å². The van der Waals surface area contributed by atoms with Crippen LogP contribution >= 0.6 is 0 Å². The van der Waals surface area contributed by atoms with Gasteiger partial charge >= 0.3 is 0 Å². The third-order valence-electron chi connectivity index (χ3n) is 6.74. The number of nitrogens with zero attached hydrogens (tertiary/aromatic N) is 1. The predicted molar refractivity (Wildman–Crippen MR) is 137 cm³/mol. The van der Waals surface area contributed by atoms with Crippen molar-refractivity contribution in [2.75, 3.05) is 20.6 Å². The number of fused-ring (bicyclic) bond motifs is 1. The number of rotatable bonds is 17. The summed E-state index contributed by atoms with van der Waals surface area (Å²) in [5, 5.41) is 2.77. The number of benzene rings is 2. The van der Waals surface area contributed by atoms with Crippen molar-refractivity contribution in [3.05, 3.63) is 42.5 Å². The maximum atomic E-state index is 2.37. The molecule has 176 valence electrons. The molecule has 0 saturated carbocycles. The molecule has 0 spiro atoms. The van der Waals surface area contributed by atoms with Crippen molar-refractivity contribution in [3.8, 4) is 0 Å². The molecule has 0 atom stereocenters. The SMILES string of the molecule is CCCCCCCCCCCCCCCCC[N+](C)(C)c1cccc2ccccc12.[Cl-]. The second-order valence-corrected chi connectivity index (χ2v) is 9.86. The molecule has 0 unspecified atom stereocenters. The highest BCUT2D eigenvalue weighted by molar-refractivity contribution is 5.93. The molecule has 0 amide bonds. The zero-order valence-corrected chi connectivity index (χ0v) is 21.4. The molecule has 0 radical (unpaired) electrons. The van der Waals surface area contributed by atoms with Crippen LogP contribution in [0.4, 0.5) is 5.69 Å². The minimum absolute atomic E-state index is 0. The zero-order chi connectivity index (χ0) is 21.5. The molecular formula is C29H48ClN. The number of halogens is 1. The van der Waals surface area contributed by atoms with Crippen LogP contribution in [-0.4, -0.2) is 20.6 Å². The average molecular weight is 446 g/mol. The van der Waals surface area contributed by atoms with E-state index >= 15 is 0 Å². The molecule has 0 heterocycles. The number of hydrogen-bond acceptors (Lipinski definition) is 0. The van der Waals surface area contributed by atoms with Gasteiger partial charge in [-0.15, -0.1) is 0 Å². The van der Waals surface area contributed by atoms with E-state index in [1.807, 2.05) is 0 Å². The maximum Gasteiger partial charge on any atom is 0.140 e. The normalized spacial score (nSPS) is 11.6. The Morgan fingerprint density at radius 2 is 1.00 bits per heavy atom. The minimum Gasteiger partial charge on any atom is -1.00 e. The lowest BCUT2D eigenvalue weighted by molar-refractivity contribution is -0.00000653. The monoisotopic (exact) mass is 445 g/mol. The van der Waals surface area contributed by atoms with Gasteiger partial charge in [0.05, 0.1) is 20.6 Å². The van der Waals surface area contributed by atoms with Gasteiger partial charge in [0.15, 0.2) is 0 Å². The third-order valence-corrected chi connectivity index (χ3v) is 6.74. The van der Waals surface area contributed by atoms with Gasteiger partial charge in [-0.3, -0.25) is 4.48 Å². The van der Waals surface area contributed by atoms with E-state index in [1.165, 1.54) is 119 Å². The number of unbranched alkanes of at least 4 members (excludes halogenated alkanes) is 14. The number of quaternary nitrogens is 1. The fourth-order valence-electron chi connectivity index (χ4n) is 4.74. The molecule has 0 aromatic heterocycles. The summed E-state index contributed by atoms with van der Waals surface area (Å²) < 4.78 is 0.986. The second-order valence-electron chi connectivity index (χ2n) is 9.86. The van der Waals surface area contributed by atoms with E-state index in [0.717, 1.165) is 4.48 Å². The lowest BCUT2D eigenvalue weighted by Gasteiger charge is -2.30. The van der Waals surface area contributed by atoms with Crippen LogP contribution in [-0.2, 0) is 0 Å². The van der Waals surface area contributed by atoms with Gasteiger partial charge in [0.1, 0.15) is 5.69 Å². The molecule has 0 aliphatic carbocycles. The lowest BCUT2D eigenvalue weighted by atomic mass is 10.0. The van der Waals surface area contributed by atoms with Gasteiger partial charge in [-0.2, -0.15) is 0 Å². The maximum absolute atomic E-state index is 2.37. The Hall–Kier alpha value is -1.05. The van der Waals surface area contributed by atoms with Crippen LogP contribution < -0.4 is 16.9 Å². The van der Waals surface area contributed by atoms with E-state index in [9.17, 15) is 0 Å². The first-order valence-corrected chi connectivity index (χ1v) is 13.0. The van der Waals surface area contributed by atoms with E-state index in [-0.39, 0.29) is 12.4 Å². The molecule has 0 fully saturated rings. The number of hydrogen-bond donors (Lipinski definition) is 0. The summed E-state index contributed by atoms with van der Waals surface area (Å²) in [6, 6.07) is 15.6. The Morgan fingerprint density at radius 1 is 0.548 bits per heavy atom. The van der Waals surface area contributed by atoms with Crippen molar-refractivity contribution in [1.82, 2.24) is 4.48 Å². The van der Waals surface area contributed by atoms with Gasteiger partial charge in [0, 0.05) is 5.39 Å². The smallest absolute Gasteiger partial charge is 0.140 e. The van der Waals surface area contributed by atoms with Crippen molar-refractivity contribution in [2.45, 2.75) is 103 Å². The van der Waals surface area contributed by atoms with Gasteiger partial charge in [-0.1, -0.05) is 121 Å². The molecule has 2 aromatic carbocycles.